The molecule has 0 atom stereocenters. The Morgan fingerprint density at radius 2 is 1.61 bits per heavy atom. The average Bonchev–Trinajstić information content (AvgIpc) is 2.67. The zero-order chi connectivity index (χ0) is 19.9. The molecule has 28 heavy (non-hydrogen) atoms. The molecule has 140 valence electrons. The molecule has 4 aromatic rings. The third-order valence-electron chi connectivity index (χ3n) is 4.30. The molecule has 0 saturated heterocycles. The zero-order valence-electron chi connectivity index (χ0n) is 14.2. The molecule has 0 aliphatic rings. The van der Waals surface area contributed by atoms with Crippen molar-refractivity contribution in [1.82, 2.24) is 4.98 Å². The van der Waals surface area contributed by atoms with Crippen LogP contribution in [0, 0.1) is 11.6 Å². The van der Waals surface area contributed by atoms with E-state index in [1.54, 1.807) is 24.3 Å². The van der Waals surface area contributed by atoms with Crippen molar-refractivity contribution >= 4 is 32.3 Å². The van der Waals surface area contributed by atoms with Crippen LogP contribution in [0.5, 0.6) is 0 Å². The zero-order valence-corrected chi connectivity index (χ0v) is 15.8. The molecule has 1 heterocycles. The molecule has 0 saturated carbocycles. The largest absolute Gasteiger partial charge is 0.255 e. The fraction of sp³-hybridized carbons (Fsp3) is 0. The van der Waals surface area contributed by atoms with E-state index in [1.165, 1.54) is 36.5 Å². The molecule has 0 radical (unpaired) electrons. The van der Waals surface area contributed by atoms with Crippen LogP contribution in [0.15, 0.2) is 82.7 Å². The molecule has 1 aromatic heterocycles. The van der Waals surface area contributed by atoms with E-state index in [2.05, 4.69) is 4.98 Å². The number of halogens is 3. The maximum absolute atomic E-state index is 14.0. The van der Waals surface area contributed by atoms with Crippen molar-refractivity contribution in [3.8, 4) is 11.1 Å². The summed E-state index contributed by atoms with van der Waals surface area (Å²) in [6.07, 6.45) is 1.21. The highest BCUT2D eigenvalue weighted by atomic mass is 35.5. The van der Waals surface area contributed by atoms with E-state index < -0.39 is 21.5 Å². The number of hydrogen-bond donors (Lipinski definition) is 0. The summed E-state index contributed by atoms with van der Waals surface area (Å²) >= 11 is 6.09. The lowest BCUT2D eigenvalue weighted by atomic mass is 10.0. The van der Waals surface area contributed by atoms with E-state index in [9.17, 15) is 17.2 Å². The molecule has 0 bridgehead atoms. The van der Waals surface area contributed by atoms with Crippen molar-refractivity contribution in [3.63, 3.8) is 0 Å². The number of aromatic nitrogens is 1. The van der Waals surface area contributed by atoms with Crippen LogP contribution >= 0.6 is 11.6 Å². The van der Waals surface area contributed by atoms with Crippen LogP contribution in [0.3, 0.4) is 0 Å². The third-order valence-corrected chi connectivity index (χ3v) is 6.30. The number of pyridine rings is 1. The standard InChI is InChI=1S/C21H12ClF2NO2S/c22-14-4-1-3-13(9-14)21-18-11-16(24)7-8-19(18)25-12-20(21)28(26,27)17-6-2-5-15(23)10-17/h1-12H. The molecule has 0 aliphatic carbocycles. The van der Waals surface area contributed by atoms with Gasteiger partial charge >= 0.3 is 0 Å². The van der Waals surface area contributed by atoms with E-state index in [1.807, 2.05) is 0 Å². The summed E-state index contributed by atoms with van der Waals surface area (Å²) in [4.78, 5) is 3.80. The highest BCUT2D eigenvalue weighted by molar-refractivity contribution is 7.91. The number of rotatable bonds is 3. The fourth-order valence-electron chi connectivity index (χ4n) is 3.05. The van der Waals surface area contributed by atoms with Gasteiger partial charge < -0.3 is 0 Å². The second-order valence-electron chi connectivity index (χ2n) is 6.13. The summed E-state index contributed by atoms with van der Waals surface area (Å²) in [6.45, 7) is 0. The second kappa shape index (κ2) is 6.96. The molecule has 3 nitrogen and oxygen atoms in total. The Labute approximate surface area is 165 Å². The highest BCUT2D eigenvalue weighted by Gasteiger charge is 2.25. The van der Waals surface area contributed by atoms with Crippen LogP contribution in [-0.2, 0) is 9.84 Å². The van der Waals surface area contributed by atoms with Crippen molar-refractivity contribution in [2.75, 3.05) is 0 Å². The Morgan fingerprint density at radius 1 is 0.857 bits per heavy atom. The van der Waals surface area contributed by atoms with Gasteiger partial charge in [0.05, 0.1) is 15.3 Å². The summed E-state index contributed by atoms with van der Waals surface area (Å²) in [5, 5.41) is 0.715. The third kappa shape index (κ3) is 3.25. The van der Waals surface area contributed by atoms with Gasteiger partial charge in [0.15, 0.2) is 0 Å². The van der Waals surface area contributed by atoms with Crippen LogP contribution in [0.25, 0.3) is 22.0 Å². The van der Waals surface area contributed by atoms with Crippen molar-refractivity contribution in [3.05, 3.63) is 89.6 Å². The lowest BCUT2D eigenvalue weighted by Gasteiger charge is -2.14. The van der Waals surface area contributed by atoms with Gasteiger partial charge in [-0.1, -0.05) is 29.8 Å². The molecule has 0 unspecified atom stereocenters. The Bertz CT molecular complexity index is 1320. The summed E-state index contributed by atoms with van der Waals surface area (Å²) in [7, 11) is -4.13. The first-order valence-electron chi connectivity index (χ1n) is 8.21. The van der Waals surface area contributed by atoms with Gasteiger partial charge in [-0.3, -0.25) is 4.98 Å². The van der Waals surface area contributed by atoms with Crippen LogP contribution in [0.4, 0.5) is 8.78 Å². The topological polar surface area (TPSA) is 47.0 Å². The van der Waals surface area contributed by atoms with Crippen molar-refractivity contribution in [2.45, 2.75) is 9.79 Å². The fourth-order valence-corrected chi connectivity index (χ4v) is 4.71. The van der Waals surface area contributed by atoms with E-state index >= 15 is 0 Å². The maximum Gasteiger partial charge on any atom is 0.208 e. The van der Waals surface area contributed by atoms with Crippen molar-refractivity contribution < 1.29 is 17.2 Å². The first-order chi connectivity index (χ1) is 13.4. The minimum absolute atomic E-state index is 0.154. The number of nitrogens with zero attached hydrogens (tertiary/aromatic N) is 1. The summed E-state index contributed by atoms with van der Waals surface area (Å²) in [5.74, 6) is -1.21. The van der Waals surface area contributed by atoms with Gasteiger partial charge in [0, 0.05) is 22.2 Å². The minimum Gasteiger partial charge on any atom is -0.255 e. The van der Waals surface area contributed by atoms with Gasteiger partial charge in [0.1, 0.15) is 11.6 Å². The highest BCUT2D eigenvalue weighted by Crippen LogP contribution is 2.37. The molecule has 0 amide bonds. The molecule has 0 N–H and O–H groups in total. The molecule has 7 heteroatoms. The Morgan fingerprint density at radius 3 is 2.36 bits per heavy atom. The number of sulfone groups is 1. The SMILES string of the molecule is O=S(=O)(c1cccc(F)c1)c1cnc2ccc(F)cc2c1-c1cccc(Cl)c1. The lowest BCUT2D eigenvalue weighted by Crippen LogP contribution is -2.06. The Kier molecular flexibility index (Phi) is 4.61. The number of fused-ring (bicyclic) bond motifs is 1. The van der Waals surface area contributed by atoms with E-state index in [0.29, 0.717) is 21.5 Å². The van der Waals surface area contributed by atoms with Gasteiger partial charge in [-0.25, -0.2) is 17.2 Å². The molecule has 0 fully saturated rings. The quantitative estimate of drug-likeness (QED) is 0.433. The van der Waals surface area contributed by atoms with E-state index in [0.717, 1.165) is 12.1 Å². The van der Waals surface area contributed by atoms with Gasteiger partial charge in [-0.15, -0.1) is 0 Å². The van der Waals surface area contributed by atoms with E-state index in [4.69, 9.17) is 11.6 Å². The van der Waals surface area contributed by atoms with Crippen LogP contribution in [0.1, 0.15) is 0 Å². The first-order valence-corrected chi connectivity index (χ1v) is 10.1. The predicted molar refractivity (Wildman–Crippen MR) is 104 cm³/mol. The van der Waals surface area contributed by atoms with Crippen molar-refractivity contribution in [1.29, 1.82) is 0 Å². The second-order valence-corrected chi connectivity index (χ2v) is 8.48. The monoisotopic (exact) mass is 415 g/mol. The normalized spacial score (nSPS) is 11.7. The van der Waals surface area contributed by atoms with Crippen LogP contribution in [-0.4, -0.2) is 13.4 Å². The number of benzene rings is 3. The summed E-state index contributed by atoms with van der Waals surface area (Å²) in [6, 6.07) is 15.2. The van der Waals surface area contributed by atoms with Gasteiger partial charge in [-0.05, 0) is 54.1 Å². The summed E-state index contributed by atoms with van der Waals surface area (Å²) in [5.41, 5.74) is 1.17. The molecule has 0 aliphatic heterocycles. The predicted octanol–water partition coefficient (Wildman–Crippen LogP) is 5.67. The summed E-state index contributed by atoms with van der Waals surface area (Å²) < 4.78 is 54.1. The lowest BCUT2D eigenvalue weighted by molar-refractivity contribution is 0.591. The molecule has 3 aromatic carbocycles. The van der Waals surface area contributed by atoms with Crippen LogP contribution in [0.2, 0.25) is 5.02 Å². The van der Waals surface area contributed by atoms with Gasteiger partial charge in [0.25, 0.3) is 0 Å². The molecule has 4 rings (SSSR count). The molecular formula is C21H12ClF2NO2S. The smallest absolute Gasteiger partial charge is 0.208 e. The number of hydrogen-bond acceptors (Lipinski definition) is 3. The molecular weight excluding hydrogens is 404 g/mol. The Hall–Kier alpha value is -2.83. The minimum atomic E-state index is -4.13. The van der Waals surface area contributed by atoms with Gasteiger partial charge in [0.2, 0.25) is 9.84 Å². The Balaban J connectivity index is 2.11. The van der Waals surface area contributed by atoms with Gasteiger partial charge in [-0.2, -0.15) is 0 Å². The molecule has 0 spiro atoms. The van der Waals surface area contributed by atoms with E-state index in [-0.39, 0.29) is 15.4 Å². The van der Waals surface area contributed by atoms with Crippen LogP contribution < -0.4 is 0 Å². The first kappa shape index (κ1) is 18.5. The van der Waals surface area contributed by atoms with Crippen molar-refractivity contribution in [2.24, 2.45) is 0 Å². The maximum atomic E-state index is 14.0. The average molecular weight is 416 g/mol.